The van der Waals surface area contributed by atoms with Gasteiger partial charge in [0.25, 0.3) is 5.91 Å². The maximum absolute atomic E-state index is 13.1. The second-order valence-electron chi connectivity index (χ2n) is 7.60. The summed E-state index contributed by atoms with van der Waals surface area (Å²) in [5.41, 5.74) is 3.18. The Labute approximate surface area is 199 Å². The van der Waals surface area contributed by atoms with E-state index in [1.807, 2.05) is 42.5 Å². The summed E-state index contributed by atoms with van der Waals surface area (Å²) in [6, 6.07) is 26.0. The third-order valence-corrected chi connectivity index (χ3v) is 6.33. The van der Waals surface area contributed by atoms with Crippen LogP contribution in [-0.4, -0.2) is 17.6 Å². The highest BCUT2D eigenvalue weighted by atomic mass is 32.2. The van der Waals surface area contributed by atoms with E-state index in [0.29, 0.717) is 21.8 Å². The molecule has 1 aromatic heterocycles. The van der Waals surface area contributed by atoms with Crippen molar-refractivity contribution in [1.29, 1.82) is 0 Å². The Balaban J connectivity index is 1.29. The molecule has 0 spiro atoms. The van der Waals surface area contributed by atoms with Crippen molar-refractivity contribution >= 4 is 56.9 Å². The molecule has 5 rings (SSSR count). The first-order chi connectivity index (χ1) is 16.6. The van der Waals surface area contributed by atoms with Crippen molar-refractivity contribution in [2.45, 2.75) is 4.90 Å². The second-order valence-corrected chi connectivity index (χ2v) is 8.62. The van der Waals surface area contributed by atoms with Gasteiger partial charge in [0.2, 0.25) is 5.91 Å². The molecule has 2 amide bonds. The van der Waals surface area contributed by atoms with Crippen LogP contribution in [0.4, 0.5) is 15.8 Å². The lowest BCUT2D eigenvalue weighted by Crippen LogP contribution is -2.15. The van der Waals surface area contributed by atoms with Crippen molar-refractivity contribution in [2.24, 2.45) is 0 Å². The number of halogens is 1. The van der Waals surface area contributed by atoms with Crippen molar-refractivity contribution in [1.82, 2.24) is 0 Å². The van der Waals surface area contributed by atoms with E-state index < -0.39 is 0 Å². The molecular formula is C27H19FN2O3S. The fourth-order valence-electron chi connectivity index (χ4n) is 3.66. The number of hydrogen-bond donors (Lipinski definition) is 2. The van der Waals surface area contributed by atoms with Crippen LogP contribution in [0.1, 0.15) is 10.4 Å². The molecule has 1 heterocycles. The zero-order valence-electron chi connectivity index (χ0n) is 17.9. The summed E-state index contributed by atoms with van der Waals surface area (Å²) >= 11 is 1.26. The number of benzene rings is 4. The largest absolute Gasteiger partial charge is 0.456 e. The zero-order chi connectivity index (χ0) is 23.5. The van der Waals surface area contributed by atoms with Crippen LogP contribution in [0.3, 0.4) is 0 Å². The van der Waals surface area contributed by atoms with Crippen LogP contribution in [0.25, 0.3) is 21.9 Å². The van der Waals surface area contributed by atoms with Crippen LogP contribution in [0, 0.1) is 5.82 Å². The van der Waals surface area contributed by atoms with E-state index in [4.69, 9.17) is 4.42 Å². The lowest BCUT2D eigenvalue weighted by Gasteiger charge is -2.10. The molecule has 0 aliphatic rings. The van der Waals surface area contributed by atoms with Crippen molar-refractivity contribution in [3.8, 4) is 0 Å². The van der Waals surface area contributed by atoms with Gasteiger partial charge < -0.3 is 15.1 Å². The number of nitrogens with one attached hydrogen (secondary N) is 2. The SMILES string of the molecule is O=C(CSc1ccccc1C(=O)Nc1ccc2oc3ccccc3c2c1)Nc1ccc(F)cc1. The van der Waals surface area contributed by atoms with E-state index in [1.165, 1.54) is 36.0 Å². The Kier molecular flexibility index (Phi) is 6.01. The van der Waals surface area contributed by atoms with Gasteiger partial charge in [0, 0.05) is 27.0 Å². The summed E-state index contributed by atoms with van der Waals surface area (Å²) in [6.07, 6.45) is 0. The van der Waals surface area contributed by atoms with Crippen LogP contribution in [0.2, 0.25) is 0 Å². The molecule has 2 N–H and O–H groups in total. The average molecular weight is 471 g/mol. The van der Waals surface area contributed by atoms with E-state index in [1.54, 1.807) is 24.3 Å². The summed E-state index contributed by atoms with van der Waals surface area (Å²) < 4.78 is 18.9. The minimum Gasteiger partial charge on any atom is -0.456 e. The molecule has 0 aliphatic carbocycles. The number of thioether (sulfide) groups is 1. The van der Waals surface area contributed by atoms with Crippen molar-refractivity contribution in [2.75, 3.05) is 16.4 Å². The Morgan fingerprint density at radius 2 is 1.47 bits per heavy atom. The predicted molar refractivity (Wildman–Crippen MR) is 134 cm³/mol. The molecular weight excluding hydrogens is 451 g/mol. The topological polar surface area (TPSA) is 71.3 Å². The summed E-state index contributed by atoms with van der Waals surface area (Å²) in [6.45, 7) is 0. The standard InChI is InChI=1S/C27H19FN2O3S/c28-17-9-11-18(12-10-17)29-26(31)16-34-25-8-4-2-6-21(25)27(32)30-19-13-14-24-22(15-19)20-5-1-3-7-23(20)33-24/h1-15H,16H2,(H,29,31)(H,30,32). The minimum absolute atomic E-state index is 0.106. The Bertz CT molecular complexity index is 1510. The summed E-state index contributed by atoms with van der Waals surface area (Å²) in [5.74, 6) is -0.778. The molecule has 0 bridgehead atoms. The average Bonchev–Trinajstić information content (AvgIpc) is 3.22. The first kappa shape index (κ1) is 21.7. The normalized spacial score (nSPS) is 11.0. The maximum Gasteiger partial charge on any atom is 0.256 e. The fraction of sp³-hybridized carbons (Fsp3) is 0.0370. The number of carbonyl (C=O) groups excluding carboxylic acids is 2. The molecule has 0 saturated carbocycles. The highest BCUT2D eigenvalue weighted by molar-refractivity contribution is 8.00. The number of carbonyl (C=O) groups is 2. The number of anilines is 2. The third kappa shape index (κ3) is 4.65. The smallest absolute Gasteiger partial charge is 0.256 e. The number of rotatable bonds is 6. The first-order valence-electron chi connectivity index (χ1n) is 10.6. The molecule has 5 nitrogen and oxygen atoms in total. The minimum atomic E-state index is -0.368. The van der Waals surface area contributed by atoms with Gasteiger partial charge in [-0.1, -0.05) is 30.3 Å². The fourth-order valence-corrected chi connectivity index (χ4v) is 4.51. The number of hydrogen-bond acceptors (Lipinski definition) is 4. The monoisotopic (exact) mass is 470 g/mol. The Morgan fingerprint density at radius 1 is 0.765 bits per heavy atom. The van der Waals surface area contributed by atoms with Gasteiger partial charge in [-0.05, 0) is 60.7 Å². The van der Waals surface area contributed by atoms with E-state index in [0.717, 1.165) is 21.9 Å². The van der Waals surface area contributed by atoms with Crippen molar-refractivity contribution in [3.63, 3.8) is 0 Å². The van der Waals surface area contributed by atoms with E-state index in [-0.39, 0.29) is 23.4 Å². The van der Waals surface area contributed by atoms with Gasteiger partial charge in [-0.3, -0.25) is 9.59 Å². The molecule has 0 atom stereocenters. The van der Waals surface area contributed by atoms with E-state index in [2.05, 4.69) is 10.6 Å². The van der Waals surface area contributed by atoms with Gasteiger partial charge >= 0.3 is 0 Å². The van der Waals surface area contributed by atoms with Crippen molar-refractivity contribution in [3.05, 3.63) is 102 Å². The summed E-state index contributed by atoms with van der Waals surface area (Å²) in [4.78, 5) is 26.1. The Morgan fingerprint density at radius 3 is 2.32 bits per heavy atom. The molecule has 0 aliphatic heterocycles. The number of amides is 2. The maximum atomic E-state index is 13.1. The predicted octanol–water partition coefficient (Wildman–Crippen LogP) is 6.71. The van der Waals surface area contributed by atoms with Gasteiger partial charge in [0.15, 0.2) is 0 Å². The molecule has 0 radical (unpaired) electrons. The molecule has 34 heavy (non-hydrogen) atoms. The highest BCUT2D eigenvalue weighted by Crippen LogP contribution is 2.31. The summed E-state index contributed by atoms with van der Waals surface area (Å²) in [5, 5.41) is 7.58. The van der Waals surface area contributed by atoms with Crippen LogP contribution < -0.4 is 10.6 Å². The highest BCUT2D eigenvalue weighted by Gasteiger charge is 2.14. The number of fused-ring (bicyclic) bond motifs is 3. The van der Waals surface area contributed by atoms with E-state index in [9.17, 15) is 14.0 Å². The molecule has 7 heteroatoms. The van der Waals surface area contributed by atoms with Gasteiger partial charge in [0.05, 0.1) is 11.3 Å². The first-order valence-corrected chi connectivity index (χ1v) is 11.6. The second kappa shape index (κ2) is 9.41. The molecule has 0 saturated heterocycles. The van der Waals surface area contributed by atoms with Crippen LogP contribution >= 0.6 is 11.8 Å². The molecule has 4 aromatic carbocycles. The Hall–Kier alpha value is -4.10. The third-order valence-electron chi connectivity index (χ3n) is 5.25. The summed E-state index contributed by atoms with van der Waals surface area (Å²) in [7, 11) is 0. The molecule has 168 valence electrons. The van der Waals surface area contributed by atoms with Crippen LogP contribution in [0.15, 0.2) is 100 Å². The zero-order valence-corrected chi connectivity index (χ0v) is 18.7. The van der Waals surface area contributed by atoms with Crippen LogP contribution in [-0.2, 0) is 4.79 Å². The van der Waals surface area contributed by atoms with Gasteiger partial charge in [-0.15, -0.1) is 11.8 Å². The van der Waals surface area contributed by atoms with E-state index >= 15 is 0 Å². The molecule has 0 fully saturated rings. The van der Waals surface area contributed by atoms with Gasteiger partial charge in [-0.2, -0.15) is 0 Å². The lowest BCUT2D eigenvalue weighted by atomic mass is 10.1. The number of para-hydroxylation sites is 1. The van der Waals surface area contributed by atoms with Crippen molar-refractivity contribution < 1.29 is 18.4 Å². The lowest BCUT2D eigenvalue weighted by molar-refractivity contribution is -0.113. The quantitative estimate of drug-likeness (QED) is 0.271. The number of furan rings is 1. The molecule has 5 aromatic rings. The van der Waals surface area contributed by atoms with Gasteiger partial charge in [-0.25, -0.2) is 4.39 Å². The van der Waals surface area contributed by atoms with Crippen LogP contribution in [0.5, 0.6) is 0 Å². The molecule has 0 unspecified atom stereocenters. The van der Waals surface area contributed by atoms with Gasteiger partial charge in [0.1, 0.15) is 17.0 Å².